The highest BCUT2D eigenvalue weighted by Crippen LogP contribution is 2.24. The number of amides is 3. The average molecular weight is 419 g/mol. The summed E-state index contributed by atoms with van der Waals surface area (Å²) in [6, 6.07) is 2.84. The van der Waals surface area contributed by atoms with Gasteiger partial charge in [-0.25, -0.2) is 13.2 Å². The quantitative estimate of drug-likeness (QED) is 0.673. The second kappa shape index (κ2) is 9.52. The van der Waals surface area contributed by atoms with E-state index in [1.54, 1.807) is 26.0 Å². The Bertz CT molecular complexity index is 749. The molecule has 0 saturated carbocycles. The van der Waals surface area contributed by atoms with Crippen LogP contribution in [0.1, 0.15) is 39.5 Å². The molecule has 0 aliphatic heterocycles. The molecule has 0 aliphatic rings. The van der Waals surface area contributed by atoms with Crippen molar-refractivity contribution in [2.75, 3.05) is 26.7 Å². The summed E-state index contributed by atoms with van der Waals surface area (Å²) in [6.45, 7) is 10.1. The highest BCUT2D eigenvalue weighted by atomic mass is 32.2. The Kier molecular flexibility index (Phi) is 8.24. The molecule has 0 spiro atoms. The van der Waals surface area contributed by atoms with Crippen molar-refractivity contribution in [3.05, 3.63) is 17.0 Å². The zero-order valence-corrected chi connectivity index (χ0v) is 18.5. The number of carbonyl (C=O) groups excluding carboxylic acids is 2. The maximum Gasteiger partial charge on any atom is 0.317 e. The molecule has 8 nitrogen and oxygen atoms in total. The van der Waals surface area contributed by atoms with Gasteiger partial charge in [0.05, 0.1) is 6.54 Å². The first kappa shape index (κ1) is 23.4. The molecule has 0 aromatic carbocycles. The van der Waals surface area contributed by atoms with Crippen LogP contribution in [0, 0.1) is 0 Å². The normalized spacial score (nSPS) is 12.1. The van der Waals surface area contributed by atoms with Gasteiger partial charge in [0.2, 0.25) is 5.91 Å². The van der Waals surface area contributed by atoms with Crippen LogP contribution in [-0.4, -0.2) is 61.8 Å². The number of hydrogen-bond donors (Lipinski definition) is 2. The first-order valence-corrected chi connectivity index (χ1v) is 11.0. The highest BCUT2D eigenvalue weighted by Gasteiger charge is 2.23. The summed E-state index contributed by atoms with van der Waals surface area (Å²) in [4.78, 5) is 26.0. The van der Waals surface area contributed by atoms with Gasteiger partial charge < -0.3 is 15.5 Å². The average Bonchev–Trinajstić information content (AvgIpc) is 3.01. The van der Waals surface area contributed by atoms with Gasteiger partial charge in [-0.1, -0.05) is 13.8 Å². The van der Waals surface area contributed by atoms with Gasteiger partial charge in [-0.3, -0.25) is 4.79 Å². The lowest BCUT2D eigenvalue weighted by molar-refractivity contribution is -0.122. The zero-order valence-electron chi connectivity index (χ0n) is 16.8. The minimum atomic E-state index is -3.49. The second-order valence-electron chi connectivity index (χ2n) is 7.12. The number of rotatable bonds is 8. The topological polar surface area (TPSA) is 98.8 Å². The molecule has 3 amide bonds. The van der Waals surface area contributed by atoms with Gasteiger partial charge in [-0.2, -0.15) is 4.31 Å². The minimum absolute atomic E-state index is 0.0604. The van der Waals surface area contributed by atoms with E-state index < -0.39 is 16.1 Å². The van der Waals surface area contributed by atoms with Gasteiger partial charge in [0.1, 0.15) is 10.8 Å². The number of thiophene rings is 1. The van der Waals surface area contributed by atoms with Crippen LogP contribution in [0.15, 0.2) is 16.3 Å². The molecule has 1 heterocycles. The Morgan fingerprint density at radius 3 is 2.26 bits per heavy atom. The number of nitrogens with zero attached hydrogens (tertiary/aromatic N) is 2. The Balaban J connectivity index is 2.63. The van der Waals surface area contributed by atoms with Gasteiger partial charge in [0.15, 0.2) is 0 Å². The molecule has 0 unspecified atom stereocenters. The number of hydrogen-bond acceptors (Lipinski definition) is 5. The van der Waals surface area contributed by atoms with Gasteiger partial charge >= 0.3 is 6.03 Å². The highest BCUT2D eigenvalue weighted by molar-refractivity contribution is 7.91. The molecule has 1 aromatic heterocycles. The van der Waals surface area contributed by atoms with Crippen molar-refractivity contribution >= 4 is 33.3 Å². The Labute approximate surface area is 166 Å². The van der Waals surface area contributed by atoms with Crippen molar-refractivity contribution in [3.63, 3.8) is 0 Å². The van der Waals surface area contributed by atoms with Gasteiger partial charge in [0.25, 0.3) is 10.0 Å². The molecular weight excluding hydrogens is 388 g/mol. The smallest absolute Gasteiger partial charge is 0.317 e. The third-order valence-electron chi connectivity index (χ3n) is 3.59. The van der Waals surface area contributed by atoms with E-state index in [0.717, 1.165) is 16.2 Å². The maximum atomic E-state index is 12.5. The molecule has 154 valence electrons. The molecule has 0 aliphatic carbocycles. The summed E-state index contributed by atoms with van der Waals surface area (Å²) >= 11 is 1.13. The molecule has 10 heteroatoms. The molecule has 1 rings (SSSR count). The van der Waals surface area contributed by atoms with E-state index in [1.807, 2.05) is 20.8 Å². The van der Waals surface area contributed by atoms with Crippen LogP contribution >= 0.6 is 11.3 Å². The molecule has 27 heavy (non-hydrogen) atoms. The molecule has 0 fully saturated rings. The summed E-state index contributed by atoms with van der Waals surface area (Å²) < 4.78 is 26.6. The van der Waals surface area contributed by atoms with Crippen molar-refractivity contribution in [2.24, 2.45) is 0 Å². The van der Waals surface area contributed by atoms with Crippen LogP contribution in [0.2, 0.25) is 0 Å². The molecule has 2 N–H and O–H groups in total. The summed E-state index contributed by atoms with van der Waals surface area (Å²) in [7, 11) is -1.96. The van der Waals surface area contributed by atoms with Crippen LogP contribution < -0.4 is 10.6 Å². The maximum absolute atomic E-state index is 12.5. The second-order valence-corrected chi connectivity index (χ2v) is 10.5. The van der Waals surface area contributed by atoms with E-state index in [-0.39, 0.29) is 28.7 Å². The number of sulfonamides is 1. The Morgan fingerprint density at radius 1 is 1.15 bits per heavy atom. The molecule has 0 saturated heterocycles. The van der Waals surface area contributed by atoms with Crippen molar-refractivity contribution < 1.29 is 18.0 Å². The predicted molar refractivity (Wildman–Crippen MR) is 107 cm³/mol. The molecule has 0 atom stereocenters. The van der Waals surface area contributed by atoms with Crippen LogP contribution in [0.25, 0.3) is 0 Å². The minimum Gasteiger partial charge on any atom is -0.350 e. The first-order chi connectivity index (χ1) is 12.4. The lowest BCUT2D eigenvalue weighted by Crippen LogP contribution is -2.48. The third-order valence-corrected chi connectivity index (χ3v) is 7.19. The number of urea groups is 1. The lowest BCUT2D eigenvalue weighted by Gasteiger charge is -2.23. The Hall–Kier alpha value is -1.65. The van der Waals surface area contributed by atoms with Gasteiger partial charge in [-0.05, 0) is 32.9 Å². The van der Waals surface area contributed by atoms with E-state index in [1.165, 1.54) is 16.3 Å². The lowest BCUT2D eigenvalue weighted by atomic mass is 10.1. The summed E-state index contributed by atoms with van der Waals surface area (Å²) in [6.07, 6.45) is 0. The summed E-state index contributed by atoms with van der Waals surface area (Å²) in [5.41, 5.74) is -0.363. The van der Waals surface area contributed by atoms with Crippen LogP contribution in [0.3, 0.4) is 0 Å². The number of nitrogens with one attached hydrogen (secondary N) is 2. The van der Waals surface area contributed by atoms with Crippen LogP contribution in [0.4, 0.5) is 4.79 Å². The fourth-order valence-electron chi connectivity index (χ4n) is 2.33. The third kappa shape index (κ3) is 7.11. The van der Waals surface area contributed by atoms with Gasteiger partial charge in [0, 0.05) is 30.6 Å². The summed E-state index contributed by atoms with van der Waals surface area (Å²) in [5, 5.41) is 5.49. The van der Waals surface area contributed by atoms with Crippen LogP contribution in [0.5, 0.6) is 0 Å². The van der Waals surface area contributed by atoms with Crippen molar-refractivity contribution in [1.82, 2.24) is 19.8 Å². The zero-order chi connectivity index (χ0) is 20.8. The summed E-state index contributed by atoms with van der Waals surface area (Å²) in [5.74, 6) is -0.246. The van der Waals surface area contributed by atoms with Crippen molar-refractivity contribution in [3.8, 4) is 0 Å². The molecular formula is C17H30N4O4S2. The van der Waals surface area contributed by atoms with Crippen molar-refractivity contribution in [1.29, 1.82) is 0 Å². The first-order valence-electron chi connectivity index (χ1n) is 8.79. The van der Waals surface area contributed by atoms with Gasteiger partial charge in [-0.15, -0.1) is 11.3 Å². The molecule has 0 radical (unpaired) electrons. The number of likely N-dealkylation sites (N-methyl/N-ethyl adjacent to an activating group) is 1. The fraction of sp³-hybridized carbons (Fsp3) is 0.647. The van der Waals surface area contributed by atoms with E-state index >= 15 is 0 Å². The molecule has 0 bridgehead atoms. The standard InChI is InChI=1S/C17H30N4O4S2/c1-7-21(8-2)27(24,25)15-10-9-13(26-15)11-18-16(23)20(6)12-14(22)19-17(3,4)5/h9-10H,7-8,11-12H2,1-6H3,(H,18,23)(H,19,22). The number of carbonyl (C=O) groups is 2. The Morgan fingerprint density at radius 2 is 1.74 bits per heavy atom. The fourth-order valence-corrected chi connectivity index (χ4v) is 5.23. The molecule has 1 aromatic rings. The van der Waals surface area contributed by atoms with E-state index in [2.05, 4.69) is 10.6 Å². The predicted octanol–water partition coefficient (Wildman–Crippen LogP) is 1.83. The largest absolute Gasteiger partial charge is 0.350 e. The van der Waals surface area contributed by atoms with E-state index in [4.69, 9.17) is 0 Å². The SMILES string of the molecule is CCN(CC)S(=O)(=O)c1ccc(CNC(=O)N(C)CC(=O)NC(C)(C)C)s1. The van der Waals surface area contributed by atoms with Crippen LogP contribution in [-0.2, 0) is 21.4 Å². The van der Waals surface area contributed by atoms with Crippen molar-refractivity contribution in [2.45, 2.75) is 50.9 Å². The van der Waals surface area contributed by atoms with E-state index in [0.29, 0.717) is 13.1 Å². The monoisotopic (exact) mass is 418 g/mol. The van der Waals surface area contributed by atoms with E-state index in [9.17, 15) is 18.0 Å².